The number of nitrogens with zero attached hydrogens (tertiary/aromatic N) is 1. The highest BCUT2D eigenvalue weighted by Crippen LogP contribution is 2.33. The average molecular weight is 468 g/mol. The molecule has 0 saturated heterocycles. The number of fused-ring (bicyclic) bond motifs is 1. The molecule has 3 rings (SSSR count). The lowest BCUT2D eigenvalue weighted by Crippen LogP contribution is -2.56. The molecule has 2 aromatic rings. The number of quaternary nitrogens is 1. The van der Waals surface area contributed by atoms with Crippen LogP contribution >= 0.6 is 0 Å². The van der Waals surface area contributed by atoms with Crippen LogP contribution in [0.25, 0.3) is 0 Å². The number of para-hydroxylation sites is 1. The van der Waals surface area contributed by atoms with Gasteiger partial charge in [-0.05, 0) is 29.7 Å². The van der Waals surface area contributed by atoms with Crippen molar-refractivity contribution < 1.29 is 24.8 Å². The van der Waals surface area contributed by atoms with Gasteiger partial charge in [-0.1, -0.05) is 37.3 Å². The van der Waals surface area contributed by atoms with Crippen LogP contribution in [0.5, 0.6) is 11.5 Å². The second-order valence-corrected chi connectivity index (χ2v) is 7.69. The largest absolute Gasteiger partial charge is 0.486 e. The lowest BCUT2D eigenvalue weighted by atomic mass is 10.0. The van der Waals surface area contributed by atoms with Crippen molar-refractivity contribution in [1.29, 1.82) is 5.41 Å². The summed E-state index contributed by atoms with van der Waals surface area (Å²) in [5.74, 6) is 6.17. The van der Waals surface area contributed by atoms with Crippen molar-refractivity contribution in [3.05, 3.63) is 71.1 Å². The van der Waals surface area contributed by atoms with Gasteiger partial charge in [0.1, 0.15) is 13.2 Å². The van der Waals surface area contributed by atoms with Gasteiger partial charge in [-0.15, -0.1) is 0 Å². The summed E-state index contributed by atoms with van der Waals surface area (Å²) in [5, 5.41) is 14.5. The number of benzene rings is 2. The fourth-order valence-corrected chi connectivity index (χ4v) is 3.39. The maximum atomic E-state index is 12.5. The van der Waals surface area contributed by atoms with Gasteiger partial charge in [0, 0.05) is 12.8 Å². The van der Waals surface area contributed by atoms with Crippen LogP contribution < -0.4 is 31.7 Å². The van der Waals surface area contributed by atoms with Crippen molar-refractivity contribution in [2.75, 3.05) is 26.3 Å². The second-order valence-electron chi connectivity index (χ2n) is 7.69. The minimum absolute atomic E-state index is 0.133. The van der Waals surface area contributed by atoms with E-state index in [1.165, 1.54) is 23.0 Å². The standard InChI is InChI=1S/C24H30N6O4/c1-2-16-6-8-17(9-7-16)20(14-25)29-24(32)19(26)15-30(27)11-10-28-23(31)18-4-3-5-21-22(18)34-13-12-33-21/h3-9,14-15,20,25H,2,10-13,26-27H2,1H3,(H,28,31)(H,29,32)/p+1. The zero-order valence-electron chi connectivity index (χ0n) is 19.2. The minimum Gasteiger partial charge on any atom is -0.486 e. The van der Waals surface area contributed by atoms with E-state index in [1.54, 1.807) is 18.2 Å². The predicted octanol–water partition coefficient (Wildman–Crippen LogP) is 0.516. The van der Waals surface area contributed by atoms with Crippen LogP contribution in [-0.4, -0.2) is 49.3 Å². The summed E-state index contributed by atoms with van der Waals surface area (Å²) >= 11 is 0. The van der Waals surface area contributed by atoms with Crippen LogP contribution in [0, 0.1) is 5.41 Å². The van der Waals surface area contributed by atoms with Crippen molar-refractivity contribution in [3.8, 4) is 11.5 Å². The predicted molar refractivity (Wildman–Crippen MR) is 127 cm³/mol. The Bertz CT molecular complexity index is 1050. The lowest BCUT2D eigenvalue weighted by molar-refractivity contribution is -0.300. The zero-order valence-corrected chi connectivity index (χ0v) is 19.2. The minimum atomic E-state index is -0.572. The summed E-state index contributed by atoms with van der Waals surface area (Å²) in [6, 6.07) is 12.3. The first-order chi connectivity index (χ1) is 16.4. The first-order valence-electron chi connectivity index (χ1n) is 11.0. The number of ether oxygens (including phenoxy) is 2. The van der Waals surface area contributed by atoms with Crippen LogP contribution in [0.2, 0.25) is 0 Å². The number of aryl methyl sites for hydroxylation is 1. The Balaban J connectivity index is 1.50. The van der Waals surface area contributed by atoms with Gasteiger partial charge < -0.3 is 36.3 Å². The van der Waals surface area contributed by atoms with Crippen LogP contribution in [-0.2, 0) is 11.2 Å². The number of nitrogens with one attached hydrogen (secondary N) is 3. The molecule has 8 N–H and O–H groups in total. The highest BCUT2D eigenvalue weighted by Gasteiger charge is 2.20. The lowest BCUT2D eigenvalue weighted by Gasteiger charge is -2.21. The number of nitrogens with two attached hydrogens (primary N) is 1. The quantitative estimate of drug-likeness (QED) is 0.148. The van der Waals surface area contributed by atoms with Gasteiger partial charge in [0.15, 0.2) is 11.5 Å². The van der Waals surface area contributed by atoms with Crippen molar-refractivity contribution >= 4 is 18.0 Å². The van der Waals surface area contributed by atoms with E-state index in [0.29, 0.717) is 30.3 Å². The van der Waals surface area contributed by atoms with E-state index in [-0.39, 0.29) is 24.7 Å². The summed E-state index contributed by atoms with van der Waals surface area (Å²) in [6.45, 7) is 3.37. The van der Waals surface area contributed by atoms with Crippen LogP contribution in [0.4, 0.5) is 0 Å². The van der Waals surface area contributed by atoms with Gasteiger partial charge in [-0.2, -0.15) is 0 Å². The van der Waals surface area contributed by atoms with E-state index < -0.39 is 11.9 Å². The third-order valence-electron chi connectivity index (χ3n) is 5.28. The van der Waals surface area contributed by atoms with E-state index in [4.69, 9.17) is 20.7 Å². The Labute approximate surface area is 198 Å². The molecule has 0 bridgehead atoms. The summed E-state index contributed by atoms with van der Waals surface area (Å²) in [6.07, 6.45) is 3.47. The highest BCUT2D eigenvalue weighted by molar-refractivity contribution is 5.97. The van der Waals surface area contributed by atoms with Crippen molar-refractivity contribution in [2.45, 2.75) is 19.4 Å². The summed E-state index contributed by atoms with van der Waals surface area (Å²) in [5.41, 5.74) is 6.26. The molecule has 0 saturated carbocycles. The molecule has 0 aromatic heterocycles. The van der Waals surface area contributed by atoms with Gasteiger partial charge in [0.2, 0.25) is 5.70 Å². The second kappa shape index (κ2) is 11.8. The molecule has 2 aromatic carbocycles. The molecular formula is C24H31N6O4+. The van der Waals surface area contributed by atoms with Gasteiger partial charge in [0.25, 0.3) is 5.91 Å². The summed E-state index contributed by atoms with van der Waals surface area (Å²) < 4.78 is 11.1. The number of hydrazine groups is 1. The normalized spacial score (nSPS) is 13.6. The molecule has 0 aliphatic carbocycles. The molecule has 10 nitrogen and oxygen atoms in total. The van der Waals surface area contributed by atoms with Crippen molar-refractivity contribution in [3.63, 3.8) is 0 Å². The maximum Gasteiger partial charge on any atom is 0.307 e. The molecule has 0 radical (unpaired) electrons. The average Bonchev–Trinajstić information content (AvgIpc) is 2.86. The Morgan fingerprint density at radius 1 is 1.21 bits per heavy atom. The highest BCUT2D eigenvalue weighted by atomic mass is 16.6. The number of carbonyl (C=O) groups is 2. The van der Waals surface area contributed by atoms with E-state index >= 15 is 0 Å². The third-order valence-corrected chi connectivity index (χ3v) is 5.28. The Morgan fingerprint density at radius 3 is 2.65 bits per heavy atom. The van der Waals surface area contributed by atoms with E-state index in [0.717, 1.165) is 12.0 Å². The number of carbonyl (C=O) groups excluding carboxylic acids is 2. The van der Waals surface area contributed by atoms with Crippen molar-refractivity contribution in [2.24, 2.45) is 5.84 Å². The smallest absolute Gasteiger partial charge is 0.307 e. The number of hydrogen-bond donors (Lipinski definition) is 5. The monoisotopic (exact) mass is 467 g/mol. The van der Waals surface area contributed by atoms with Gasteiger partial charge >= 0.3 is 5.91 Å². The zero-order chi connectivity index (χ0) is 24.5. The van der Waals surface area contributed by atoms with E-state index in [2.05, 4.69) is 23.3 Å². The van der Waals surface area contributed by atoms with Gasteiger partial charge in [0.05, 0.1) is 24.4 Å². The van der Waals surface area contributed by atoms with Crippen LogP contribution in [0.3, 0.4) is 0 Å². The number of rotatable bonds is 10. The molecular weight excluding hydrogens is 436 g/mol. The van der Waals surface area contributed by atoms with Gasteiger partial charge in [-0.3, -0.25) is 9.59 Å². The van der Waals surface area contributed by atoms with E-state index in [9.17, 15) is 9.59 Å². The molecule has 10 heteroatoms. The summed E-state index contributed by atoms with van der Waals surface area (Å²) in [4.78, 5) is 25.1. The molecule has 180 valence electrons. The Morgan fingerprint density at radius 2 is 1.94 bits per heavy atom. The Hall–Kier alpha value is -3.89. The SMILES string of the molecule is CCc1ccc(C(C=N)NC(=O)C([NH3+])=CN(N)CCNC(=O)c2cccc3c2OCCO3)cc1. The first-order valence-corrected chi connectivity index (χ1v) is 11.0. The first kappa shape index (κ1) is 24.7. The van der Waals surface area contributed by atoms with E-state index in [1.807, 2.05) is 24.3 Å². The summed E-state index contributed by atoms with van der Waals surface area (Å²) in [7, 11) is 0. The maximum absolute atomic E-state index is 12.5. The molecule has 0 fully saturated rings. The van der Waals surface area contributed by atoms with Gasteiger partial charge in [-0.25, -0.2) is 5.84 Å². The topological polar surface area (TPSA) is 157 Å². The molecule has 34 heavy (non-hydrogen) atoms. The number of hydrogen-bond acceptors (Lipinski definition) is 7. The number of amides is 2. The molecule has 1 unspecified atom stereocenters. The molecule has 1 aliphatic rings. The molecule has 2 amide bonds. The van der Waals surface area contributed by atoms with Crippen LogP contribution in [0.1, 0.15) is 34.5 Å². The fraction of sp³-hybridized carbons (Fsp3) is 0.292. The van der Waals surface area contributed by atoms with Crippen LogP contribution in [0.15, 0.2) is 54.4 Å². The fourth-order valence-electron chi connectivity index (χ4n) is 3.39. The molecule has 1 aliphatic heterocycles. The molecule has 1 atom stereocenters. The molecule has 1 heterocycles. The van der Waals surface area contributed by atoms with Crippen molar-refractivity contribution in [1.82, 2.24) is 15.6 Å². The Kier molecular flexibility index (Phi) is 8.60. The third kappa shape index (κ3) is 6.33. The molecule has 0 spiro atoms.